The van der Waals surface area contributed by atoms with Gasteiger partial charge in [0, 0.05) is 0 Å². The predicted molar refractivity (Wildman–Crippen MR) is 70.6 cm³/mol. The molecule has 17 heavy (non-hydrogen) atoms. The maximum Gasteiger partial charge on any atom is 0.133 e. The molecule has 0 bridgehead atoms. The molecule has 0 aliphatic carbocycles. The molecule has 1 nitrogen and oxygen atoms in total. The number of hydrogen-bond acceptors (Lipinski definition) is 1. The van der Waals surface area contributed by atoms with Crippen molar-refractivity contribution in [2.24, 2.45) is 0 Å². The van der Waals surface area contributed by atoms with Crippen LogP contribution in [0.5, 0.6) is 0 Å². The third kappa shape index (κ3) is 2.20. The Morgan fingerprint density at radius 3 is 1.59 bits per heavy atom. The first-order valence-corrected chi connectivity index (χ1v) is 5.61. The molecule has 0 aliphatic heterocycles. The van der Waals surface area contributed by atoms with Crippen molar-refractivity contribution in [2.45, 2.75) is 13.8 Å². The fraction of sp³-hybridized carbons (Fsp3) is 0.125. The average Bonchev–Trinajstić information content (AvgIpc) is 2.34. The Bertz CT molecular complexity index is 542. The van der Waals surface area contributed by atoms with E-state index in [0.717, 1.165) is 22.3 Å². The fourth-order valence-electron chi connectivity index (χ4n) is 1.96. The third-order valence-corrected chi connectivity index (χ3v) is 2.93. The maximum atomic E-state index is 11.2. The molecule has 0 amide bonds. The summed E-state index contributed by atoms with van der Waals surface area (Å²) in [5.41, 5.74) is 4.73. The largest absolute Gasteiger partial charge is 0.233 e. The lowest BCUT2D eigenvalue weighted by molar-refractivity contribution is 0.569. The first-order chi connectivity index (χ1) is 8.24. The van der Waals surface area contributed by atoms with E-state index in [9.17, 15) is 4.79 Å². The minimum absolute atomic E-state index is 0.640. The van der Waals surface area contributed by atoms with Crippen LogP contribution in [0.2, 0.25) is 0 Å². The number of hydrogen-bond donors (Lipinski definition) is 0. The van der Waals surface area contributed by atoms with Crippen LogP contribution in [0.25, 0.3) is 5.57 Å². The smallest absolute Gasteiger partial charge is 0.133 e. The van der Waals surface area contributed by atoms with Crippen LogP contribution < -0.4 is 0 Å². The van der Waals surface area contributed by atoms with E-state index in [1.165, 1.54) is 0 Å². The van der Waals surface area contributed by atoms with Crippen LogP contribution in [0.3, 0.4) is 0 Å². The molecular weight excluding hydrogens is 208 g/mol. The van der Waals surface area contributed by atoms with E-state index in [4.69, 9.17) is 0 Å². The van der Waals surface area contributed by atoms with Crippen LogP contribution in [-0.2, 0) is 4.79 Å². The molecule has 0 radical (unpaired) electrons. The zero-order valence-corrected chi connectivity index (χ0v) is 10.0. The fourth-order valence-corrected chi connectivity index (χ4v) is 1.96. The summed E-state index contributed by atoms with van der Waals surface area (Å²) in [6.07, 6.45) is 0. The highest BCUT2D eigenvalue weighted by Crippen LogP contribution is 2.25. The molecule has 0 spiro atoms. The van der Waals surface area contributed by atoms with Gasteiger partial charge in [-0.3, -0.25) is 0 Å². The summed E-state index contributed by atoms with van der Waals surface area (Å²) in [6.45, 7) is 4.01. The molecular formula is C16H14O. The van der Waals surface area contributed by atoms with Crippen molar-refractivity contribution in [1.29, 1.82) is 0 Å². The Balaban J connectivity index is 2.62. The van der Waals surface area contributed by atoms with Crippen molar-refractivity contribution >= 4 is 11.5 Å². The Morgan fingerprint density at radius 2 is 1.24 bits per heavy atom. The van der Waals surface area contributed by atoms with Gasteiger partial charge in [0.2, 0.25) is 0 Å². The highest BCUT2D eigenvalue weighted by molar-refractivity contribution is 5.98. The van der Waals surface area contributed by atoms with Crippen molar-refractivity contribution in [3.63, 3.8) is 0 Å². The van der Waals surface area contributed by atoms with Crippen molar-refractivity contribution in [1.82, 2.24) is 0 Å². The van der Waals surface area contributed by atoms with E-state index < -0.39 is 0 Å². The van der Waals surface area contributed by atoms with Crippen LogP contribution >= 0.6 is 0 Å². The Labute approximate surface area is 101 Å². The Morgan fingerprint density at radius 1 is 0.824 bits per heavy atom. The molecule has 1 heteroatoms. The number of aryl methyl sites for hydroxylation is 2. The third-order valence-electron chi connectivity index (χ3n) is 2.93. The maximum absolute atomic E-state index is 11.2. The molecule has 0 N–H and O–H groups in total. The summed E-state index contributed by atoms with van der Waals surface area (Å²) in [7, 11) is 0. The van der Waals surface area contributed by atoms with Gasteiger partial charge in [0.15, 0.2) is 0 Å². The molecule has 0 saturated heterocycles. The average molecular weight is 222 g/mol. The van der Waals surface area contributed by atoms with Gasteiger partial charge < -0.3 is 0 Å². The van der Waals surface area contributed by atoms with Crippen LogP contribution in [0.15, 0.2) is 48.5 Å². The minimum Gasteiger partial charge on any atom is -0.233 e. The van der Waals surface area contributed by atoms with Gasteiger partial charge in [-0.2, -0.15) is 0 Å². The second kappa shape index (κ2) is 4.82. The molecule has 0 aromatic heterocycles. The van der Waals surface area contributed by atoms with Gasteiger partial charge in [-0.25, -0.2) is 4.79 Å². The molecule has 84 valence electrons. The molecule has 0 unspecified atom stereocenters. The van der Waals surface area contributed by atoms with Gasteiger partial charge in [-0.15, -0.1) is 0 Å². The molecule has 0 atom stereocenters. The summed E-state index contributed by atoms with van der Waals surface area (Å²) < 4.78 is 0. The van der Waals surface area contributed by atoms with Crippen molar-refractivity contribution in [3.05, 3.63) is 70.8 Å². The second-order valence-corrected chi connectivity index (χ2v) is 4.11. The first kappa shape index (κ1) is 11.4. The van der Waals surface area contributed by atoms with Crippen LogP contribution in [0.4, 0.5) is 0 Å². The van der Waals surface area contributed by atoms with E-state index in [2.05, 4.69) is 5.94 Å². The quantitative estimate of drug-likeness (QED) is 0.710. The van der Waals surface area contributed by atoms with Crippen molar-refractivity contribution in [3.8, 4) is 0 Å². The molecule has 0 fully saturated rings. The zero-order valence-electron chi connectivity index (χ0n) is 10.0. The van der Waals surface area contributed by atoms with Crippen LogP contribution in [0, 0.1) is 13.8 Å². The minimum atomic E-state index is 0.640. The number of benzene rings is 2. The SMILES string of the molecule is Cc1ccccc1C(=C=O)c1ccccc1C. The lowest BCUT2D eigenvalue weighted by atomic mass is 9.93. The molecule has 0 saturated carbocycles. The molecule has 0 heterocycles. The van der Waals surface area contributed by atoms with Gasteiger partial charge in [0.1, 0.15) is 5.94 Å². The van der Waals surface area contributed by atoms with Gasteiger partial charge in [-0.05, 0) is 36.1 Å². The standard InChI is InChI=1S/C16H14O/c1-12-7-3-5-9-14(12)16(11-17)15-10-6-4-8-13(15)2/h3-10H,1-2H3. The van der Waals surface area contributed by atoms with E-state index >= 15 is 0 Å². The summed E-state index contributed by atoms with van der Waals surface area (Å²) in [4.78, 5) is 11.2. The lowest BCUT2D eigenvalue weighted by Crippen LogP contribution is -1.94. The summed E-state index contributed by atoms with van der Waals surface area (Å²) in [6, 6.07) is 15.8. The van der Waals surface area contributed by atoms with Crippen LogP contribution in [-0.4, -0.2) is 5.94 Å². The van der Waals surface area contributed by atoms with Crippen molar-refractivity contribution in [2.75, 3.05) is 0 Å². The molecule has 2 rings (SSSR count). The monoisotopic (exact) mass is 222 g/mol. The van der Waals surface area contributed by atoms with E-state index in [0.29, 0.717) is 5.57 Å². The van der Waals surface area contributed by atoms with E-state index in [-0.39, 0.29) is 0 Å². The van der Waals surface area contributed by atoms with Gasteiger partial charge >= 0.3 is 0 Å². The second-order valence-electron chi connectivity index (χ2n) is 4.11. The normalized spacial score (nSPS) is 9.76. The van der Waals surface area contributed by atoms with Crippen molar-refractivity contribution < 1.29 is 4.79 Å². The lowest BCUT2D eigenvalue weighted by Gasteiger charge is -2.09. The van der Waals surface area contributed by atoms with Gasteiger partial charge in [0.05, 0.1) is 5.57 Å². The highest BCUT2D eigenvalue weighted by Gasteiger charge is 2.10. The number of rotatable bonds is 2. The molecule has 2 aromatic carbocycles. The van der Waals surface area contributed by atoms with Gasteiger partial charge in [0.25, 0.3) is 0 Å². The summed E-state index contributed by atoms with van der Waals surface area (Å²) >= 11 is 0. The zero-order chi connectivity index (χ0) is 12.3. The molecule has 0 aliphatic rings. The van der Waals surface area contributed by atoms with Gasteiger partial charge in [-0.1, -0.05) is 48.5 Å². The molecule has 2 aromatic rings. The Kier molecular flexibility index (Phi) is 3.22. The number of carbonyl (C=O) groups excluding carboxylic acids is 1. The van der Waals surface area contributed by atoms with E-state index in [1.54, 1.807) is 0 Å². The van der Waals surface area contributed by atoms with E-state index in [1.807, 2.05) is 62.4 Å². The summed E-state index contributed by atoms with van der Waals surface area (Å²) in [5, 5.41) is 0. The van der Waals surface area contributed by atoms with Crippen LogP contribution in [0.1, 0.15) is 22.3 Å². The Hall–Kier alpha value is -2.11. The predicted octanol–water partition coefficient (Wildman–Crippen LogP) is 3.57. The first-order valence-electron chi connectivity index (χ1n) is 5.61. The summed E-state index contributed by atoms with van der Waals surface area (Å²) in [5.74, 6) is 2.08. The topological polar surface area (TPSA) is 17.1 Å². The highest BCUT2D eigenvalue weighted by atomic mass is 16.1.